The van der Waals surface area contributed by atoms with Crippen LogP contribution in [0.1, 0.15) is 33.3 Å². The van der Waals surface area contributed by atoms with Crippen molar-refractivity contribution in [3.05, 3.63) is 35.9 Å². The van der Waals surface area contributed by atoms with Crippen molar-refractivity contribution in [2.75, 3.05) is 13.1 Å². The Balaban J connectivity index is 1.81. The van der Waals surface area contributed by atoms with Crippen LogP contribution in [0.4, 0.5) is 9.59 Å². The van der Waals surface area contributed by atoms with Crippen molar-refractivity contribution >= 4 is 12.2 Å². The lowest BCUT2D eigenvalue weighted by atomic mass is 10.1. The van der Waals surface area contributed by atoms with Crippen LogP contribution in [0.25, 0.3) is 0 Å². The van der Waals surface area contributed by atoms with Gasteiger partial charge in [0.2, 0.25) is 0 Å². The van der Waals surface area contributed by atoms with E-state index in [4.69, 9.17) is 9.47 Å². The Labute approximate surface area is 143 Å². The second-order valence-corrected chi connectivity index (χ2v) is 7.18. The van der Waals surface area contributed by atoms with Gasteiger partial charge in [-0.2, -0.15) is 0 Å². The third kappa shape index (κ3) is 5.44. The minimum absolute atomic E-state index is 0.135. The standard InChI is InChI=1S/C18H26N2O4/c1-13-10-20(11-15(13)19-16(21)24-18(2,3)4)17(22)23-12-14-8-6-5-7-9-14/h5-9,13,15H,10-12H2,1-4H3,(H,19,21). The molecule has 1 aromatic rings. The summed E-state index contributed by atoms with van der Waals surface area (Å²) in [5, 5.41) is 2.83. The molecule has 2 atom stereocenters. The van der Waals surface area contributed by atoms with E-state index in [0.717, 1.165) is 5.56 Å². The fourth-order valence-corrected chi connectivity index (χ4v) is 2.57. The van der Waals surface area contributed by atoms with E-state index in [0.29, 0.717) is 13.1 Å². The smallest absolute Gasteiger partial charge is 0.410 e. The summed E-state index contributed by atoms with van der Waals surface area (Å²) >= 11 is 0. The summed E-state index contributed by atoms with van der Waals surface area (Å²) < 4.78 is 10.6. The van der Waals surface area contributed by atoms with Crippen LogP contribution >= 0.6 is 0 Å². The number of benzene rings is 1. The monoisotopic (exact) mass is 334 g/mol. The lowest BCUT2D eigenvalue weighted by molar-refractivity contribution is 0.0495. The SMILES string of the molecule is CC1CN(C(=O)OCc2ccccc2)CC1NC(=O)OC(C)(C)C. The normalized spacial score (nSPS) is 20.6. The van der Waals surface area contributed by atoms with Crippen molar-refractivity contribution in [2.24, 2.45) is 5.92 Å². The number of rotatable bonds is 3. The van der Waals surface area contributed by atoms with Crippen LogP contribution in [0.5, 0.6) is 0 Å². The summed E-state index contributed by atoms with van der Waals surface area (Å²) in [6.07, 6.45) is -0.821. The summed E-state index contributed by atoms with van der Waals surface area (Å²) in [6.45, 7) is 8.66. The second-order valence-electron chi connectivity index (χ2n) is 7.18. The molecule has 2 unspecified atom stereocenters. The van der Waals surface area contributed by atoms with Gasteiger partial charge in [-0.05, 0) is 32.3 Å². The maximum Gasteiger partial charge on any atom is 0.410 e. The summed E-state index contributed by atoms with van der Waals surface area (Å²) in [4.78, 5) is 25.7. The van der Waals surface area contributed by atoms with Gasteiger partial charge in [0.05, 0.1) is 6.04 Å². The van der Waals surface area contributed by atoms with E-state index < -0.39 is 11.7 Å². The van der Waals surface area contributed by atoms with E-state index in [1.807, 2.05) is 58.0 Å². The van der Waals surface area contributed by atoms with Crippen molar-refractivity contribution in [2.45, 2.75) is 45.9 Å². The molecule has 0 radical (unpaired) electrons. The van der Waals surface area contributed by atoms with Gasteiger partial charge in [-0.1, -0.05) is 37.3 Å². The topological polar surface area (TPSA) is 67.9 Å². The van der Waals surface area contributed by atoms with E-state index in [1.165, 1.54) is 0 Å². The molecule has 0 saturated carbocycles. The molecule has 0 aromatic heterocycles. The van der Waals surface area contributed by atoms with Crippen LogP contribution in [0.2, 0.25) is 0 Å². The quantitative estimate of drug-likeness (QED) is 0.922. The first-order chi connectivity index (χ1) is 11.2. The number of amides is 2. The Kier molecular flexibility index (Phi) is 5.70. The van der Waals surface area contributed by atoms with Crippen LogP contribution in [-0.2, 0) is 16.1 Å². The first kappa shape index (κ1) is 18.1. The number of hydrogen-bond donors (Lipinski definition) is 1. The van der Waals surface area contributed by atoms with Crippen LogP contribution < -0.4 is 5.32 Å². The lowest BCUT2D eigenvalue weighted by Gasteiger charge is -2.23. The lowest BCUT2D eigenvalue weighted by Crippen LogP contribution is -2.43. The van der Waals surface area contributed by atoms with Crippen molar-refractivity contribution in [3.8, 4) is 0 Å². The summed E-state index contributed by atoms with van der Waals surface area (Å²) in [6, 6.07) is 9.41. The van der Waals surface area contributed by atoms with Gasteiger partial charge >= 0.3 is 12.2 Å². The third-order valence-electron chi connectivity index (χ3n) is 3.78. The van der Waals surface area contributed by atoms with E-state index in [-0.39, 0.29) is 24.7 Å². The number of likely N-dealkylation sites (tertiary alicyclic amines) is 1. The van der Waals surface area contributed by atoms with Gasteiger partial charge in [0.15, 0.2) is 0 Å². The Hall–Kier alpha value is -2.24. The Bertz CT molecular complexity index is 568. The first-order valence-electron chi connectivity index (χ1n) is 8.20. The maximum absolute atomic E-state index is 12.2. The number of nitrogens with one attached hydrogen (secondary N) is 1. The van der Waals surface area contributed by atoms with Gasteiger partial charge in [0, 0.05) is 13.1 Å². The van der Waals surface area contributed by atoms with Gasteiger partial charge in [0.25, 0.3) is 0 Å². The van der Waals surface area contributed by atoms with Gasteiger partial charge in [-0.3, -0.25) is 0 Å². The fraction of sp³-hybridized carbons (Fsp3) is 0.556. The maximum atomic E-state index is 12.2. The average molecular weight is 334 g/mol. The molecule has 0 bridgehead atoms. The van der Waals surface area contributed by atoms with Crippen molar-refractivity contribution in [1.82, 2.24) is 10.2 Å². The van der Waals surface area contributed by atoms with E-state index >= 15 is 0 Å². The predicted molar refractivity (Wildman–Crippen MR) is 90.5 cm³/mol. The van der Waals surface area contributed by atoms with Crippen LogP contribution in [0.3, 0.4) is 0 Å². The average Bonchev–Trinajstić information content (AvgIpc) is 2.85. The highest BCUT2D eigenvalue weighted by Crippen LogP contribution is 2.18. The second kappa shape index (κ2) is 7.55. The molecule has 1 saturated heterocycles. The minimum atomic E-state index is -0.541. The number of hydrogen-bond acceptors (Lipinski definition) is 4. The summed E-state index contributed by atoms with van der Waals surface area (Å²) in [5.41, 5.74) is 0.404. The highest BCUT2D eigenvalue weighted by molar-refractivity contribution is 5.70. The molecule has 24 heavy (non-hydrogen) atoms. The summed E-state index contributed by atoms with van der Waals surface area (Å²) in [5.74, 6) is 0.141. The number of alkyl carbamates (subject to hydrolysis) is 1. The summed E-state index contributed by atoms with van der Waals surface area (Å²) in [7, 11) is 0. The molecule has 132 valence electrons. The van der Waals surface area contributed by atoms with Gasteiger partial charge < -0.3 is 19.7 Å². The van der Waals surface area contributed by atoms with E-state index in [1.54, 1.807) is 4.90 Å². The molecule has 1 N–H and O–H groups in total. The van der Waals surface area contributed by atoms with Gasteiger partial charge in [-0.15, -0.1) is 0 Å². The first-order valence-corrected chi connectivity index (χ1v) is 8.20. The molecule has 2 amide bonds. The van der Waals surface area contributed by atoms with Gasteiger partial charge in [0.1, 0.15) is 12.2 Å². The molecule has 2 rings (SSSR count). The number of carbonyl (C=O) groups excluding carboxylic acids is 2. The fourth-order valence-electron chi connectivity index (χ4n) is 2.57. The third-order valence-corrected chi connectivity index (χ3v) is 3.78. The van der Waals surface area contributed by atoms with Gasteiger partial charge in [-0.25, -0.2) is 9.59 Å². The number of ether oxygens (including phenoxy) is 2. The highest BCUT2D eigenvalue weighted by atomic mass is 16.6. The van der Waals surface area contributed by atoms with Crippen LogP contribution in [0.15, 0.2) is 30.3 Å². The molecule has 0 aliphatic carbocycles. The molecule has 1 aliphatic rings. The molecular formula is C18H26N2O4. The zero-order valence-electron chi connectivity index (χ0n) is 14.7. The molecule has 1 aliphatic heterocycles. The highest BCUT2D eigenvalue weighted by Gasteiger charge is 2.35. The van der Waals surface area contributed by atoms with E-state index in [2.05, 4.69) is 5.32 Å². The molecule has 1 fully saturated rings. The van der Waals surface area contributed by atoms with Crippen LogP contribution in [0, 0.1) is 5.92 Å². The Morgan fingerprint density at radius 1 is 1.21 bits per heavy atom. The largest absolute Gasteiger partial charge is 0.445 e. The zero-order chi connectivity index (χ0) is 17.7. The molecule has 6 nitrogen and oxygen atoms in total. The molecular weight excluding hydrogens is 308 g/mol. The Morgan fingerprint density at radius 3 is 2.50 bits per heavy atom. The molecule has 0 spiro atoms. The number of nitrogens with zero attached hydrogens (tertiary/aromatic N) is 1. The van der Waals surface area contributed by atoms with Crippen molar-refractivity contribution < 1.29 is 19.1 Å². The molecule has 1 heterocycles. The van der Waals surface area contributed by atoms with E-state index in [9.17, 15) is 9.59 Å². The van der Waals surface area contributed by atoms with Crippen LogP contribution in [-0.4, -0.2) is 41.8 Å². The molecule has 6 heteroatoms. The van der Waals surface area contributed by atoms with Crippen molar-refractivity contribution in [1.29, 1.82) is 0 Å². The Morgan fingerprint density at radius 2 is 1.88 bits per heavy atom. The van der Waals surface area contributed by atoms with Crippen molar-refractivity contribution in [3.63, 3.8) is 0 Å². The minimum Gasteiger partial charge on any atom is -0.445 e. The number of carbonyl (C=O) groups is 2. The zero-order valence-corrected chi connectivity index (χ0v) is 14.7. The molecule has 1 aromatic carbocycles. The predicted octanol–water partition coefficient (Wildman–Crippen LogP) is 3.17.